The van der Waals surface area contributed by atoms with Crippen molar-refractivity contribution >= 4 is 89.6 Å². The summed E-state index contributed by atoms with van der Waals surface area (Å²) in [6.07, 6.45) is 1.77. The Balaban J connectivity index is 1.62. The second kappa shape index (κ2) is 12.5. The minimum atomic E-state index is -0.626. The van der Waals surface area contributed by atoms with Crippen LogP contribution in [0, 0.1) is 0 Å². The molecule has 3 aromatic rings. The number of ether oxygens (including phenoxy) is 2. The van der Waals surface area contributed by atoms with Crippen molar-refractivity contribution in [2.45, 2.75) is 13.5 Å². The molecule has 10 heteroatoms. The number of rotatable bonds is 7. The average Bonchev–Trinajstić information content (AvgIpc) is 3.15. The molecule has 1 N–H and O–H groups in total. The van der Waals surface area contributed by atoms with Crippen LogP contribution in [0.1, 0.15) is 18.1 Å². The number of esters is 1. The molecule has 1 aliphatic heterocycles. The fourth-order valence-electron chi connectivity index (χ4n) is 3.35. The average molecular weight is 684 g/mol. The molecule has 190 valence electrons. The molecule has 0 unspecified atom stereocenters. The van der Waals surface area contributed by atoms with E-state index in [4.69, 9.17) is 32.7 Å². The number of benzene rings is 3. The Kier molecular flexibility index (Phi) is 9.42. The highest BCUT2D eigenvalue weighted by molar-refractivity contribution is 9.11. The summed E-state index contributed by atoms with van der Waals surface area (Å²) in [5.41, 5.74) is 2.34. The number of aliphatic hydroxyl groups is 1. The molecule has 0 radical (unpaired) electrons. The fraction of sp³-hybridized carbons (Fsp3) is 0.111. The lowest BCUT2D eigenvalue weighted by Crippen LogP contribution is -2.12. The number of hydrogen-bond acceptors (Lipinski definition) is 6. The molecule has 0 atom stereocenters. The van der Waals surface area contributed by atoms with E-state index in [1.807, 2.05) is 48.5 Å². The quantitative estimate of drug-likeness (QED) is 0.252. The van der Waals surface area contributed by atoms with E-state index in [1.165, 1.54) is 11.8 Å². The van der Waals surface area contributed by atoms with Crippen molar-refractivity contribution in [3.63, 3.8) is 0 Å². The number of carbonyl (C=O) groups is 1. The van der Waals surface area contributed by atoms with Crippen molar-refractivity contribution in [1.82, 2.24) is 0 Å². The van der Waals surface area contributed by atoms with Crippen molar-refractivity contribution < 1.29 is 19.4 Å². The monoisotopic (exact) mass is 681 g/mol. The van der Waals surface area contributed by atoms with Crippen molar-refractivity contribution in [1.29, 1.82) is 0 Å². The molecule has 0 aromatic heterocycles. The summed E-state index contributed by atoms with van der Waals surface area (Å²) in [5.74, 6) is -0.199. The van der Waals surface area contributed by atoms with Crippen LogP contribution in [0.3, 0.4) is 0 Å². The van der Waals surface area contributed by atoms with Crippen molar-refractivity contribution in [2.24, 2.45) is 4.99 Å². The number of aliphatic hydroxyl groups excluding tert-OH is 1. The first-order valence-electron chi connectivity index (χ1n) is 11.0. The van der Waals surface area contributed by atoms with Crippen molar-refractivity contribution in [3.05, 3.63) is 107 Å². The number of thioether (sulfide) groups is 1. The van der Waals surface area contributed by atoms with Gasteiger partial charge in [-0.15, -0.1) is 0 Å². The lowest BCUT2D eigenvalue weighted by molar-refractivity contribution is -0.138. The largest absolute Gasteiger partial charge is 0.506 e. The van der Waals surface area contributed by atoms with Gasteiger partial charge in [-0.1, -0.05) is 59.2 Å². The molecule has 0 bridgehead atoms. The summed E-state index contributed by atoms with van der Waals surface area (Å²) >= 11 is 20.4. The minimum Gasteiger partial charge on any atom is -0.506 e. The Bertz CT molecular complexity index is 1420. The normalized spacial score (nSPS) is 15.5. The van der Waals surface area contributed by atoms with Crippen molar-refractivity contribution in [3.8, 4) is 5.75 Å². The summed E-state index contributed by atoms with van der Waals surface area (Å²) < 4.78 is 12.6. The summed E-state index contributed by atoms with van der Waals surface area (Å²) in [4.78, 5) is 17.7. The van der Waals surface area contributed by atoms with Crippen molar-refractivity contribution in [2.75, 3.05) is 6.61 Å². The first-order chi connectivity index (χ1) is 17.8. The van der Waals surface area contributed by atoms with Gasteiger partial charge in [-0.25, -0.2) is 9.79 Å². The summed E-state index contributed by atoms with van der Waals surface area (Å²) in [6.45, 7) is 2.18. The molecule has 5 nitrogen and oxygen atoms in total. The molecule has 3 aromatic carbocycles. The predicted molar refractivity (Wildman–Crippen MR) is 158 cm³/mol. The first-order valence-corrected chi connectivity index (χ1v) is 14.1. The van der Waals surface area contributed by atoms with Crippen LogP contribution in [0.15, 0.2) is 90.8 Å². The lowest BCUT2D eigenvalue weighted by Gasteiger charge is -2.12. The zero-order chi connectivity index (χ0) is 26.5. The second-order valence-corrected chi connectivity index (χ2v) is 11.2. The maximum atomic E-state index is 12.6. The molecule has 1 heterocycles. The molecule has 0 amide bonds. The number of nitrogens with zero attached hydrogens (tertiary/aromatic N) is 1. The van der Waals surface area contributed by atoms with Gasteiger partial charge in [0.1, 0.15) is 28.7 Å². The van der Waals surface area contributed by atoms with E-state index in [0.717, 1.165) is 11.1 Å². The molecule has 0 aliphatic carbocycles. The Morgan fingerprint density at radius 1 is 1.05 bits per heavy atom. The molecular formula is C27H19Br2Cl2NO4S. The van der Waals surface area contributed by atoms with Gasteiger partial charge in [0.15, 0.2) is 0 Å². The van der Waals surface area contributed by atoms with E-state index in [-0.39, 0.29) is 24.5 Å². The maximum absolute atomic E-state index is 12.6. The Labute approximate surface area is 245 Å². The molecule has 0 spiro atoms. The van der Waals surface area contributed by atoms with Gasteiger partial charge in [0.25, 0.3) is 0 Å². The van der Waals surface area contributed by atoms with E-state index in [9.17, 15) is 9.90 Å². The number of halogens is 4. The Morgan fingerprint density at radius 3 is 2.41 bits per heavy atom. The topological polar surface area (TPSA) is 68.1 Å². The first kappa shape index (κ1) is 27.8. The molecule has 0 saturated carbocycles. The maximum Gasteiger partial charge on any atom is 0.344 e. The molecule has 37 heavy (non-hydrogen) atoms. The molecule has 1 aliphatic rings. The molecule has 0 saturated heterocycles. The van der Waals surface area contributed by atoms with E-state index in [1.54, 1.807) is 25.1 Å². The van der Waals surface area contributed by atoms with Gasteiger partial charge in [0.2, 0.25) is 0 Å². The van der Waals surface area contributed by atoms with Crippen LogP contribution in [0.4, 0.5) is 5.69 Å². The molecule has 0 fully saturated rings. The van der Waals surface area contributed by atoms with Crippen LogP contribution < -0.4 is 4.74 Å². The SMILES string of the molecule is CCOC(=O)C1=C(O)/C(=C/c2cc(Br)c(OCc3ccc(Cl)c(Cl)c3)c(Br)c2)SC1=Nc1ccccc1. The summed E-state index contributed by atoms with van der Waals surface area (Å²) in [7, 11) is 0. The number of hydrogen-bond donors (Lipinski definition) is 1. The Hall–Kier alpha value is -2.23. The van der Waals surface area contributed by atoms with Crippen LogP contribution in [0.2, 0.25) is 10.0 Å². The van der Waals surface area contributed by atoms with Gasteiger partial charge in [0, 0.05) is 0 Å². The van der Waals surface area contributed by atoms with E-state index in [2.05, 4.69) is 36.9 Å². The third-order valence-electron chi connectivity index (χ3n) is 5.04. The lowest BCUT2D eigenvalue weighted by atomic mass is 10.1. The smallest absolute Gasteiger partial charge is 0.344 e. The highest BCUT2D eigenvalue weighted by Crippen LogP contribution is 2.42. The van der Waals surface area contributed by atoms with Crippen LogP contribution in [-0.2, 0) is 16.1 Å². The van der Waals surface area contributed by atoms with Crippen LogP contribution in [-0.4, -0.2) is 22.7 Å². The molecule has 4 rings (SSSR count). The molecular weight excluding hydrogens is 665 g/mol. The van der Waals surface area contributed by atoms with E-state index in [0.29, 0.717) is 40.4 Å². The third kappa shape index (κ3) is 6.81. The highest BCUT2D eigenvalue weighted by Gasteiger charge is 2.33. The number of carbonyl (C=O) groups excluding carboxylic acids is 1. The second-order valence-electron chi connectivity index (χ2n) is 7.66. The number of aliphatic imine (C=N–C) groups is 1. The van der Waals surface area contributed by atoms with Crippen LogP contribution in [0.25, 0.3) is 6.08 Å². The van der Waals surface area contributed by atoms with Gasteiger partial charge < -0.3 is 14.6 Å². The fourth-order valence-corrected chi connectivity index (χ4v) is 6.16. The zero-order valence-electron chi connectivity index (χ0n) is 19.3. The zero-order valence-corrected chi connectivity index (χ0v) is 24.8. The van der Waals surface area contributed by atoms with E-state index < -0.39 is 5.97 Å². The van der Waals surface area contributed by atoms with Gasteiger partial charge in [-0.05, 0) is 92.4 Å². The van der Waals surface area contributed by atoms with Gasteiger partial charge >= 0.3 is 5.97 Å². The standard InChI is InChI=1S/C27H19Br2Cl2NO4S/c1-2-35-27(34)23-24(33)22(37-26(23)32-17-6-4-3-5-7-17)13-16-10-18(28)25(19(29)11-16)36-14-15-8-9-20(30)21(31)12-15/h3-13,33H,2,14H2,1H3/b22-13-,32-26?. The summed E-state index contributed by atoms with van der Waals surface area (Å²) in [5, 5.41) is 12.3. The predicted octanol–water partition coefficient (Wildman–Crippen LogP) is 9.29. The minimum absolute atomic E-state index is 0.0432. The van der Waals surface area contributed by atoms with Crippen LogP contribution >= 0.6 is 66.8 Å². The number of para-hydroxylation sites is 1. The van der Waals surface area contributed by atoms with Gasteiger partial charge in [-0.2, -0.15) is 0 Å². The van der Waals surface area contributed by atoms with Gasteiger partial charge in [0.05, 0.1) is 36.2 Å². The summed E-state index contributed by atoms with van der Waals surface area (Å²) in [6, 6.07) is 18.3. The van der Waals surface area contributed by atoms with Gasteiger partial charge in [-0.3, -0.25) is 0 Å². The third-order valence-corrected chi connectivity index (χ3v) is 7.98. The van der Waals surface area contributed by atoms with E-state index >= 15 is 0 Å². The highest BCUT2D eigenvalue weighted by atomic mass is 79.9. The van der Waals surface area contributed by atoms with Crippen LogP contribution in [0.5, 0.6) is 5.75 Å². The Morgan fingerprint density at radius 2 is 1.76 bits per heavy atom.